The second-order valence-corrected chi connectivity index (χ2v) is 20.4. The predicted molar refractivity (Wildman–Crippen MR) is 98.3 cm³/mol. The van der Waals surface area contributed by atoms with Crippen LogP contribution in [0.2, 0.25) is 51.9 Å². The highest BCUT2D eigenvalue weighted by atomic mass is 28.5. The molecule has 22 heavy (non-hydrogen) atoms. The van der Waals surface area contributed by atoms with Crippen molar-refractivity contribution >= 4 is 25.2 Å². The molecule has 0 saturated heterocycles. The molecule has 0 bridgehead atoms. The van der Waals surface area contributed by atoms with Crippen molar-refractivity contribution in [2.45, 2.75) is 64.9 Å². The van der Waals surface area contributed by atoms with Crippen LogP contribution in [0.5, 0.6) is 0 Å². The summed E-state index contributed by atoms with van der Waals surface area (Å²) in [5.41, 5.74) is 0. The molecular formula is C15H32O4Si3. The van der Waals surface area contributed by atoms with Crippen LogP contribution >= 0.6 is 0 Å². The monoisotopic (exact) mass is 360 g/mol. The van der Waals surface area contributed by atoms with E-state index in [0.29, 0.717) is 6.61 Å². The minimum atomic E-state index is -2.02. The highest BCUT2D eigenvalue weighted by Crippen LogP contribution is 2.23. The van der Waals surface area contributed by atoms with Crippen molar-refractivity contribution in [3.8, 4) is 0 Å². The molecule has 1 aromatic heterocycles. The molecule has 0 aliphatic carbocycles. The molecule has 1 aromatic rings. The van der Waals surface area contributed by atoms with Crippen LogP contribution in [-0.4, -0.2) is 31.8 Å². The molecule has 128 valence electrons. The molecule has 0 aromatic carbocycles. The SMILES string of the molecule is C[Si](C)(C)O[Si](C)(C)O[Si](C)(C)CCCOCc1ccco1. The lowest BCUT2D eigenvalue weighted by atomic mass is 10.5. The Balaban J connectivity index is 2.27. The van der Waals surface area contributed by atoms with Gasteiger partial charge in [0.05, 0.1) is 6.26 Å². The molecule has 0 N–H and O–H groups in total. The molecule has 0 radical (unpaired) electrons. The van der Waals surface area contributed by atoms with E-state index in [2.05, 4.69) is 45.8 Å². The molecule has 4 nitrogen and oxygen atoms in total. The van der Waals surface area contributed by atoms with Crippen LogP contribution in [0.1, 0.15) is 12.2 Å². The first-order chi connectivity index (χ1) is 9.99. The first-order valence-electron chi connectivity index (χ1n) is 8.00. The molecule has 0 amide bonds. The third-order valence-electron chi connectivity index (χ3n) is 2.97. The van der Waals surface area contributed by atoms with Gasteiger partial charge in [0.25, 0.3) is 0 Å². The minimum absolute atomic E-state index is 0.550. The Morgan fingerprint density at radius 3 is 2.23 bits per heavy atom. The van der Waals surface area contributed by atoms with Gasteiger partial charge in [0.2, 0.25) is 0 Å². The summed E-state index contributed by atoms with van der Waals surface area (Å²) >= 11 is 0. The molecule has 0 spiro atoms. The zero-order valence-corrected chi connectivity index (χ0v) is 18.2. The van der Waals surface area contributed by atoms with Gasteiger partial charge < -0.3 is 17.4 Å². The van der Waals surface area contributed by atoms with E-state index >= 15 is 0 Å². The molecule has 0 saturated carbocycles. The second-order valence-electron chi connectivity index (χ2n) is 7.71. The van der Waals surface area contributed by atoms with Gasteiger partial charge >= 0.3 is 8.56 Å². The quantitative estimate of drug-likeness (QED) is 0.437. The van der Waals surface area contributed by atoms with Crippen LogP contribution in [0.25, 0.3) is 0 Å². The lowest BCUT2D eigenvalue weighted by Gasteiger charge is -2.37. The van der Waals surface area contributed by atoms with Crippen LogP contribution in [0, 0.1) is 0 Å². The topological polar surface area (TPSA) is 40.8 Å². The van der Waals surface area contributed by atoms with E-state index in [1.54, 1.807) is 6.26 Å². The Morgan fingerprint density at radius 2 is 1.68 bits per heavy atom. The van der Waals surface area contributed by atoms with Crippen LogP contribution in [-0.2, 0) is 19.6 Å². The zero-order valence-electron chi connectivity index (χ0n) is 15.2. The van der Waals surface area contributed by atoms with Crippen molar-refractivity contribution in [3.05, 3.63) is 24.2 Å². The van der Waals surface area contributed by atoms with Gasteiger partial charge in [-0.05, 0) is 70.4 Å². The second kappa shape index (κ2) is 8.07. The first-order valence-corrected chi connectivity index (χ1v) is 17.3. The maximum atomic E-state index is 6.47. The van der Waals surface area contributed by atoms with Crippen LogP contribution in [0.3, 0.4) is 0 Å². The standard InChI is InChI=1S/C15H32O4Si3/c1-20(2,3)18-22(6,7)19-21(4,5)13-9-11-16-14-15-10-8-12-17-15/h8,10,12H,9,11,13-14H2,1-7H3. The number of rotatable bonds is 10. The normalized spacial score (nSPS) is 13.6. The summed E-state index contributed by atoms with van der Waals surface area (Å²) < 4.78 is 23.6. The minimum Gasteiger partial charge on any atom is -0.467 e. The van der Waals surface area contributed by atoms with Crippen molar-refractivity contribution < 1.29 is 17.4 Å². The Morgan fingerprint density at radius 1 is 1.00 bits per heavy atom. The molecule has 0 aliphatic heterocycles. The molecule has 1 heterocycles. The van der Waals surface area contributed by atoms with Crippen LogP contribution in [0.15, 0.2) is 22.8 Å². The number of furan rings is 1. The van der Waals surface area contributed by atoms with Gasteiger partial charge in [0, 0.05) is 6.61 Å². The predicted octanol–water partition coefficient (Wildman–Crippen LogP) is 4.96. The lowest BCUT2D eigenvalue weighted by Crippen LogP contribution is -2.51. The highest BCUT2D eigenvalue weighted by molar-refractivity contribution is 6.87. The largest absolute Gasteiger partial charge is 0.467 e. The molecule has 7 heteroatoms. The van der Waals surface area contributed by atoms with Gasteiger partial charge in [-0.25, -0.2) is 0 Å². The van der Waals surface area contributed by atoms with Crippen LogP contribution in [0.4, 0.5) is 0 Å². The van der Waals surface area contributed by atoms with E-state index in [4.69, 9.17) is 17.4 Å². The van der Waals surface area contributed by atoms with Crippen molar-refractivity contribution in [2.24, 2.45) is 0 Å². The molecule has 0 unspecified atom stereocenters. The van der Waals surface area contributed by atoms with Crippen LogP contribution < -0.4 is 0 Å². The summed E-state index contributed by atoms with van der Waals surface area (Å²) in [5, 5.41) is 0. The smallest absolute Gasteiger partial charge is 0.311 e. The fraction of sp³-hybridized carbons (Fsp3) is 0.733. The fourth-order valence-corrected chi connectivity index (χ4v) is 15.8. The average molecular weight is 361 g/mol. The summed E-state index contributed by atoms with van der Waals surface area (Å²) in [6.45, 7) is 16.9. The van der Waals surface area contributed by atoms with Gasteiger partial charge in [0.1, 0.15) is 12.4 Å². The van der Waals surface area contributed by atoms with Crippen molar-refractivity contribution in [1.29, 1.82) is 0 Å². The van der Waals surface area contributed by atoms with E-state index in [0.717, 1.165) is 24.8 Å². The Kier molecular flexibility index (Phi) is 7.28. The van der Waals surface area contributed by atoms with Crippen molar-refractivity contribution in [2.75, 3.05) is 6.61 Å². The van der Waals surface area contributed by atoms with E-state index in [-0.39, 0.29) is 0 Å². The Labute approximate surface area is 138 Å². The summed E-state index contributed by atoms with van der Waals surface area (Å²) in [7, 11) is -5.26. The lowest BCUT2D eigenvalue weighted by molar-refractivity contribution is 0.106. The molecule has 0 aliphatic rings. The number of ether oxygens (including phenoxy) is 1. The first kappa shape index (κ1) is 19.9. The third-order valence-corrected chi connectivity index (χ3v) is 13.1. The van der Waals surface area contributed by atoms with Crippen molar-refractivity contribution in [1.82, 2.24) is 0 Å². The molecule has 1 rings (SSSR count). The summed E-state index contributed by atoms with van der Waals surface area (Å²) in [6, 6.07) is 4.91. The third kappa shape index (κ3) is 9.06. The number of hydrogen-bond acceptors (Lipinski definition) is 4. The van der Waals surface area contributed by atoms with Gasteiger partial charge in [0.15, 0.2) is 16.6 Å². The van der Waals surface area contributed by atoms with Gasteiger partial charge in [-0.2, -0.15) is 0 Å². The molecule has 0 atom stereocenters. The average Bonchev–Trinajstić information content (AvgIpc) is 2.75. The maximum absolute atomic E-state index is 6.47. The molecular weight excluding hydrogens is 328 g/mol. The Bertz CT molecular complexity index is 424. The van der Waals surface area contributed by atoms with Gasteiger partial charge in [-0.3, -0.25) is 0 Å². The van der Waals surface area contributed by atoms with E-state index in [1.165, 1.54) is 0 Å². The zero-order chi connectivity index (χ0) is 16.9. The summed E-state index contributed by atoms with van der Waals surface area (Å²) in [4.78, 5) is 0. The number of hydrogen-bond donors (Lipinski definition) is 0. The molecule has 0 fully saturated rings. The highest BCUT2D eigenvalue weighted by Gasteiger charge is 2.37. The Hall–Kier alpha value is -0.189. The summed E-state index contributed by atoms with van der Waals surface area (Å²) in [5.74, 6) is 0.879. The van der Waals surface area contributed by atoms with Crippen molar-refractivity contribution in [3.63, 3.8) is 0 Å². The van der Waals surface area contributed by atoms with Gasteiger partial charge in [-0.1, -0.05) is 0 Å². The van der Waals surface area contributed by atoms with E-state index in [9.17, 15) is 0 Å². The summed E-state index contributed by atoms with van der Waals surface area (Å²) in [6.07, 6.45) is 2.70. The maximum Gasteiger partial charge on any atom is 0.311 e. The van der Waals surface area contributed by atoms with E-state index in [1.807, 2.05) is 12.1 Å². The van der Waals surface area contributed by atoms with E-state index < -0.39 is 25.2 Å². The fourth-order valence-electron chi connectivity index (χ4n) is 2.64. The van der Waals surface area contributed by atoms with Gasteiger partial charge in [-0.15, -0.1) is 0 Å².